The zero-order valence-electron chi connectivity index (χ0n) is 10.1. The smallest absolute Gasteiger partial charge is 0.198 e. The lowest BCUT2D eigenvalue weighted by atomic mass is 9.73. The van der Waals surface area contributed by atoms with Crippen LogP contribution in [0.25, 0.3) is 0 Å². The molecule has 5 heteroatoms. The standard InChI is InChI=1S/C13H14ClNO2S/c1-2-10-7-13(8-10,9-15)18(16,17)12-6-4-3-5-11(12)14/h3-6,10H,2,7-8H2,1H3. The second-order valence-corrected chi connectivity index (χ2v) is 7.36. The predicted molar refractivity (Wildman–Crippen MR) is 70.0 cm³/mol. The van der Waals surface area contributed by atoms with E-state index in [0.29, 0.717) is 18.8 Å². The molecule has 0 bridgehead atoms. The highest BCUT2D eigenvalue weighted by Crippen LogP contribution is 2.48. The minimum Gasteiger partial charge on any atom is -0.222 e. The molecule has 96 valence electrons. The van der Waals surface area contributed by atoms with Crippen molar-refractivity contribution in [2.45, 2.75) is 35.8 Å². The molecule has 0 aliphatic heterocycles. The van der Waals surface area contributed by atoms with Gasteiger partial charge in [0, 0.05) is 0 Å². The Labute approximate surface area is 112 Å². The fourth-order valence-electron chi connectivity index (χ4n) is 2.41. The molecule has 0 spiro atoms. The molecule has 18 heavy (non-hydrogen) atoms. The van der Waals surface area contributed by atoms with E-state index in [1.165, 1.54) is 12.1 Å². The second kappa shape index (κ2) is 4.56. The summed E-state index contributed by atoms with van der Waals surface area (Å²) < 4.78 is 23.8. The molecule has 0 aromatic heterocycles. The van der Waals surface area contributed by atoms with Gasteiger partial charge in [0.15, 0.2) is 14.6 Å². The number of halogens is 1. The quantitative estimate of drug-likeness (QED) is 0.856. The van der Waals surface area contributed by atoms with Gasteiger partial charge < -0.3 is 0 Å². The van der Waals surface area contributed by atoms with Crippen molar-refractivity contribution in [3.8, 4) is 6.07 Å². The summed E-state index contributed by atoms with van der Waals surface area (Å²) in [5.74, 6) is 0.321. The van der Waals surface area contributed by atoms with Crippen molar-refractivity contribution in [2.24, 2.45) is 5.92 Å². The summed E-state index contributed by atoms with van der Waals surface area (Å²) >= 11 is 5.93. The molecule has 0 heterocycles. The Balaban J connectivity index is 2.45. The normalized spacial score (nSPS) is 27.3. The zero-order chi connectivity index (χ0) is 13.4. The number of nitrogens with zero attached hydrogens (tertiary/aromatic N) is 1. The lowest BCUT2D eigenvalue weighted by molar-refractivity contribution is 0.256. The molecule has 0 N–H and O–H groups in total. The van der Waals surface area contributed by atoms with E-state index in [2.05, 4.69) is 0 Å². The van der Waals surface area contributed by atoms with Crippen LogP contribution in [0.2, 0.25) is 5.02 Å². The molecule has 1 aromatic carbocycles. The Bertz CT molecular complexity index is 598. The Kier molecular flexibility index (Phi) is 3.39. The van der Waals surface area contributed by atoms with Crippen LogP contribution in [0.4, 0.5) is 0 Å². The molecule has 0 atom stereocenters. The van der Waals surface area contributed by atoms with Gasteiger partial charge in [0.2, 0.25) is 0 Å². The van der Waals surface area contributed by atoms with E-state index in [-0.39, 0.29) is 9.92 Å². The first kappa shape index (κ1) is 13.4. The minimum atomic E-state index is -3.68. The van der Waals surface area contributed by atoms with Crippen LogP contribution in [-0.2, 0) is 9.84 Å². The summed E-state index contributed by atoms with van der Waals surface area (Å²) in [6.07, 6.45) is 1.72. The molecular formula is C13H14ClNO2S. The third-order valence-electron chi connectivity index (χ3n) is 3.66. The van der Waals surface area contributed by atoms with Crippen LogP contribution in [0, 0.1) is 17.2 Å². The van der Waals surface area contributed by atoms with Gasteiger partial charge in [0.25, 0.3) is 0 Å². The van der Waals surface area contributed by atoms with Crippen molar-refractivity contribution in [3.63, 3.8) is 0 Å². The van der Waals surface area contributed by atoms with Crippen LogP contribution in [0.15, 0.2) is 29.2 Å². The highest BCUT2D eigenvalue weighted by atomic mass is 35.5. The number of benzene rings is 1. The van der Waals surface area contributed by atoms with Gasteiger partial charge in [-0.3, -0.25) is 0 Å². The van der Waals surface area contributed by atoms with Gasteiger partial charge in [-0.1, -0.05) is 37.1 Å². The summed E-state index contributed by atoms with van der Waals surface area (Å²) in [6.45, 7) is 2.01. The molecule has 3 nitrogen and oxygen atoms in total. The largest absolute Gasteiger partial charge is 0.222 e. The van der Waals surface area contributed by atoms with E-state index in [9.17, 15) is 13.7 Å². The number of hydrogen-bond donors (Lipinski definition) is 0. The molecule has 0 saturated heterocycles. The first-order chi connectivity index (χ1) is 8.47. The molecule has 1 saturated carbocycles. The lowest BCUT2D eigenvalue weighted by Gasteiger charge is -2.41. The van der Waals surface area contributed by atoms with Gasteiger partial charge in [-0.05, 0) is 30.9 Å². The summed E-state index contributed by atoms with van der Waals surface area (Å²) in [5, 5.41) is 9.45. The SMILES string of the molecule is CCC1CC(C#N)(S(=O)(=O)c2ccccc2Cl)C1. The maximum atomic E-state index is 12.5. The third-order valence-corrected chi connectivity index (χ3v) is 6.49. The van der Waals surface area contributed by atoms with E-state index in [4.69, 9.17) is 11.6 Å². The van der Waals surface area contributed by atoms with Crippen LogP contribution in [0.3, 0.4) is 0 Å². The Hall–Kier alpha value is -1.05. The van der Waals surface area contributed by atoms with E-state index < -0.39 is 14.6 Å². The maximum absolute atomic E-state index is 12.5. The number of nitriles is 1. The van der Waals surface area contributed by atoms with Gasteiger partial charge in [0.1, 0.15) is 0 Å². The highest BCUT2D eigenvalue weighted by Gasteiger charge is 2.55. The topological polar surface area (TPSA) is 57.9 Å². The van der Waals surface area contributed by atoms with Gasteiger partial charge in [-0.25, -0.2) is 8.42 Å². The van der Waals surface area contributed by atoms with Crippen molar-refractivity contribution in [1.82, 2.24) is 0 Å². The maximum Gasteiger partial charge on any atom is 0.198 e. The van der Waals surface area contributed by atoms with Gasteiger partial charge in [-0.15, -0.1) is 0 Å². The molecule has 2 rings (SSSR count). The van der Waals surface area contributed by atoms with Crippen molar-refractivity contribution in [1.29, 1.82) is 5.26 Å². The van der Waals surface area contributed by atoms with Crippen molar-refractivity contribution in [3.05, 3.63) is 29.3 Å². The van der Waals surface area contributed by atoms with Crippen molar-refractivity contribution in [2.75, 3.05) is 0 Å². The Morgan fingerprint density at radius 3 is 2.56 bits per heavy atom. The van der Waals surface area contributed by atoms with Gasteiger partial charge in [-0.2, -0.15) is 5.26 Å². The Morgan fingerprint density at radius 1 is 1.44 bits per heavy atom. The van der Waals surface area contributed by atoms with Crippen LogP contribution in [0.5, 0.6) is 0 Å². The molecule has 1 fully saturated rings. The molecule has 1 aliphatic rings. The van der Waals surface area contributed by atoms with Crippen LogP contribution >= 0.6 is 11.6 Å². The summed E-state index contributed by atoms with van der Waals surface area (Å²) in [6, 6.07) is 8.31. The molecule has 0 unspecified atom stereocenters. The number of hydrogen-bond acceptors (Lipinski definition) is 3. The second-order valence-electron chi connectivity index (χ2n) is 4.72. The van der Waals surface area contributed by atoms with E-state index in [1.807, 2.05) is 13.0 Å². The molecule has 1 aliphatic carbocycles. The van der Waals surface area contributed by atoms with Crippen molar-refractivity contribution < 1.29 is 8.42 Å². The molecule has 1 aromatic rings. The Morgan fingerprint density at radius 2 is 2.06 bits per heavy atom. The average molecular weight is 284 g/mol. The summed E-state index contributed by atoms with van der Waals surface area (Å²) in [7, 11) is -3.68. The monoisotopic (exact) mass is 283 g/mol. The summed E-state index contributed by atoms with van der Waals surface area (Å²) in [5.41, 5.74) is 0. The highest BCUT2D eigenvalue weighted by molar-refractivity contribution is 7.93. The van der Waals surface area contributed by atoms with E-state index in [0.717, 1.165) is 6.42 Å². The van der Waals surface area contributed by atoms with Crippen molar-refractivity contribution >= 4 is 21.4 Å². The van der Waals surface area contributed by atoms with Gasteiger partial charge >= 0.3 is 0 Å². The number of sulfone groups is 1. The average Bonchev–Trinajstić information content (AvgIpc) is 2.28. The van der Waals surface area contributed by atoms with E-state index >= 15 is 0 Å². The zero-order valence-corrected chi connectivity index (χ0v) is 11.6. The fourth-order valence-corrected chi connectivity index (χ4v) is 4.88. The third kappa shape index (κ3) is 1.82. The molecule has 0 amide bonds. The first-order valence-corrected chi connectivity index (χ1v) is 7.73. The lowest BCUT2D eigenvalue weighted by Crippen LogP contribution is -2.49. The van der Waals surface area contributed by atoms with Gasteiger partial charge in [0.05, 0.1) is 16.0 Å². The van der Waals surface area contributed by atoms with Crippen LogP contribution in [0.1, 0.15) is 26.2 Å². The van der Waals surface area contributed by atoms with E-state index in [1.54, 1.807) is 12.1 Å². The summed E-state index contributed by atoms with van der Waals surface area (Å²) in [4.78, 5) is 0.0720. The molecule has 0 radical (unpaired) electrons. The predicted octanol–water partition coefficient (Wildman–Crippen LogP) is 3.20. The first-order valence-electron chi connectivity index (χ1n) is 5.87. The number of rotatable bonds is 3. The minimum absolute atomic E-state index is 0.0720. The molecular weight excluding hydrogens is 270 g/mol. The fraction of sp³-hybridized carbons (Fsp3) is 0.462. The van der Waals surface area contributed by atoms with Crippen LogP contribution in [-0.4, -0.2) is 13.2 Å². The van der Waals surface area contributed by atoms with Crippen LogP contribution < -0.4 is 0 Å².